The summed E-state index contributed by atoms with van der Waals surface area (Å²) in [5.74, 6) is 0.803. The average molecular weight is 481 g/mol. The number of carbonyl (C=O) groups excluding carboxylic acids is 2. The highest BCUT2D eigenvalue weighted by molar-refractivity contribution is 7.99. The van der Waals surface area contributed by atoms with Crippen LogP contribution in [0.5, 0.6) is 0 Å². The molecule has 0 heterocycles. The first-order chi connectivity index (χ1) is 14.8. The number of rotatable bonds is 11. The first-order valence-electron chi connectivity index (χ1n) is 10.5. The molecule has 4 nitrogen and oxygen atoms in total. The van der Waals surface area contributed by atoms with Crippen LogP contribution < -0.4 is 5.32 Å². The molecule has 31 heavy (non-hydrogen) atoms. The van der Waals surface area contributed by atoms with Crippen molar-refractivity contribution in [3.8, 4) is 0 Å². The van der Waals surface area contributed by atoms with E-state index in [0.29, 0.717) is 28.9 Å². The van der Waals surface area contributed by atoms with Crippen LogP contribution in [0.4, 0.5) is 0 Å². The molecule has 0 aliphatic heterocycles. The van der Waals surface area contributed by atoms with Gasteiger partial charge in [-0.3, -0.25) is 9.59 Å². The molecule has 0 saturated heterocycles. The quantitative estimate of drug-likeness (QED) is 0.409. The lowest BCUT2D eigenvalue weighted by Gasteiger charge is -2.29. The van der Waals surface area contributed by atoms with Crippen molar-refractivity contribution < 1.29 is 9.59 Å². The van der Waals surface area contributed by atoms with Crippen LogP contribution in [-0.4, -0.2) is 35.1 Å². The fourth-order valence-electron chi connectivity index (χ4n) is 2.98. The highest BCUT2D eigenvalue weighted by atomic mass is 35.5. The number of hydrogen-bond acceptors (Lipinski definition) is 3. The van der Waals surface area contributed by atoms with Gasteiger partial charge in [-0.2, -0.15) is 0 Å². The number of amides is 2. The van der Waals surface area contributed by atoms with Gasteiger partial charge in [0.1, 0.15) is 6.04 Å². The van der Waals surface area contributed by atoms with Crippen LogP contribution in [-0.2, 0) is 21.9 Å². The summed E-state index contributed by atoms with van der Waals surface area (Å²) in [7, 11) is 0. The summed E-state index contributed by atoms with van der Waals surface area (Å²) in [5, 5.41) is 3.82. The van der Waals surface area contributed by atoms with Crippen molar-refractivity contribution >= 4 is 46.8 Å². The summed E-state index contributed by atoms with van der Waals surface area (Å²) in [5.41, 5.74) is 3.21. The molecular weight excluding hydrogens is 451 g/mol. The predicted octanol–water partition coefficient (Wildman–Crippen LogP) is 5.87. The molecule has 1 atom stereocenters. The van der Waals surface area contributed by atoms with Gasteiger partial charge in [0, 0.05) is 18.8 Å². The van der Waals surface area contributed by atoms with Crippen LogP contribution in [0.2, 0.25) is 10.0 Å². The van der Waals surface area contributed by atoms with Gasteiger partial charge in [0.15, 0.2) is 0 Å². The van der Waals surface area contributed by atoms with Gasteiger partial charge in [0.25, 0.3) is 0 Å². The fourth-order valence-corrected chi connectivity index (χ4v) is 4.17. The van der Waals surface area contributed by atoms with Gasteiger partial charge in [0.05, 0.1) is 15.8 Å². The van der Waals surface area contributed by atoms with Gasteiger partial charge in [-0.25, -0.2) is 0 Å². The maximum absolute atomic E-state index is 13.1. The van der Waals surface area contributed by atoms with Crippen molar-refractivity contribution in [2.45, 2.75) is 52.0 Å². The zero-order chi connectivity index (χ0) is 22.8. The molecule has 0 unspecified atom stereocenters. The minimum atomic E-state index is -0.584. The molecule has 0 saturated carbocycles. The summed E-state index contributed by atoms with van der Waals surface area (Å²) in [6.45, 7) is 6.79. The zero-order valence-corrected chi connectivity index (χ0v) is 20.6. The van der Waals surface area contributed by atoms with Crippen molar-refractivity contribution in [1.29, 1.82) is 0 Å². The van der Waals surface area contributed by atoms with Gasteiger partial charge < -0.3 is 10.2 Å². The van der Waals surface area contributed by atoms with Crippen LogP contribution in [0.3, 0.4) is 0 Å². The lowest BCUT2D eigenvalue weighted by atomic mass is 10.1. The van der Waals surface area contributed by atoms with Crippen molar-refractivity contribution in [1.82, 2.24) is 10.2 Å². The van der Waals surface area contributed by atoms with Crippen LogP contribution in [0, 0.1) is 6.92 Å². The molecule has 2 rings (SSSR count). The van der Waals surface area contributed by atoms with Crippen molar-refractivity contribution in [2.24, 2.45) is 0 Å². The summed E-state index contributed by atoms with van der Waals surface area (Å²) in [4.78, 5) is 27.3. The fraction of sp³-hybridized carbons (Fsp3) is 0.417. The Bertz CT molecular complexity index is 874. The van der Waals surface area contributed by atoms with Crippen molar-refractivity contribution in [3.63, 3.8) is 0 Å². The second-order valence-electron chi connectivity index (χ2n) is 7.57. The first-order valence-corrected chi connectivity index (χ1v) is 12.4. The number of thioether (sulfide) groups is 1. The summed E-state index contributed by atoms with van der Waals surface area (Å²) in [6.07, 6.45) is 1.90. The lowest BCUT2D eigenvalue weighted by Crippen LogP contribution is -2.48. The number of halogens is 2. The van der Waals surface area contributed by atoms with Gasteiger partial charge in [-0.1, -0.05) is 72.4 Å². The molecule has 0 aromatic heterocycles. The monoisotopic (exact) mass is 480 g/mol. The third-order valence-corrected chi connectivity index (χ3v) is 6.68. The van der Waals surface area contributed by atoms with Crippen LogP contribution in [0.15, 0.2) is 42.5 Å². The van der Waals surface area contributed by atoms with Crippen molar-refractivity contribution in [3.05, 3.63) is 69.2 Å². The van der Waals surface area contributed by atoms with Gasteiger partial charge >= 0.3 is 0 Å². The Morgan fingerprint density at radius 2 is 1.74 bits per heavy atom. The Kier molecular flexibility index (Phi) is 10.7. The highest BCUT2D eigenvalue weighted by Gasteiger charge is 2.26. The number of nitrogens with one attached hydrogen (secondary N) is 1. The van der Waals surface area contributed by atoms with E-state index in [1.807, 2.05) is 13.0 Å². The Hall–Kier alpha value is -1.69. The Morgan fingerprint density at radius 1 is 1.06 bits per heavy atom. The number of benzene rings is 2. The molecule has 0 aliphatic carbocycles. The molecule has 2 amide bonds. The van der Waals surface area contributed by atoms with E-state index >= 15 is 0 Å². The summed E-state index contributed by atoms with van der Waals surface area (Å²) >= 11 is 13.7. The van der Waals surface area contributed by atoms with E-state index in [4.69, 9.17) is 23.2 Å². The third-order valence-electron chi connectivity index (χ3n) is 4.95. The molecule has 0 bridgehead atoms. The van der Waals surface area contributed by atoms with E-state index in [1.165, 1.54) is 11.1 Å². The van der Waals surface area contributed by atoms with E-state index in [1.54, 1.807) is 35.7 Å². The molecule has 168 valence electrons. The van der Waals surface area contributed by atoms with E-state index in [0.717, 1.165) is 24.2 Å². The number of aryl methyl sites for hydroxylation is 1. The van der Waals surface area contributed by atoms with E-state index in [9.17, 15) is 9.59 Å². The Labute approximate surface area is 199 Å². The van der Waals surface area contributed by atoms with E-state index in [-0.39, 0.29) is 11.8 Å². The average Bonchev–Trinajstić information content (AvgIpc) is 2.75. The van der Waals surface area contributed by atoms with E-state index < -0.39 is 6.04 Å². The standard InChI is InChI=1S/C24H30Cl2N2O2S/c1-4-5-12-27-24(30)18(3)28(14-20-10-11-21(25)22(26)13-20)23(29)16-31-15-19-8-6-17(2)7-9-19/h6-11,13,18H,4-5,12,14-16H2,1-3H3,(H,27,30)/t18-/m1/s1. The van der Waals surface area contributed by atoms with Crippen molar-refractivity contribution in [2.75, 3.05) is 12.3 Å². The molecule has 2 aromatic carbocycles. The van der Waals surface area contributed by atoms with Gasteiger partial charge in [-0.15, -0.1) is 11.8 Å². The lowest BCUT2D eigenvalue weighted by molar-refractivity contribution is -0.138. The number of unbranched alkanes of at least 4 members (excludes halogenated alkanes) is 1. The zero-order valence-electron chi connectivity index (χ0n) is 18.3. The summed E-state index contributed by atoms with van der Waals surface area (Å²) in [6, 6.07) is 13.0. The molecular formula is C24H30Cl2N2O2S. The molecule has 0 radical (unpaired) electrons. The Balaban J connectivity index is 2.06. The smallest absolute Gasteiger partial charge is 0.242 e. The molecule has 0 aliphatic rings. The largest absolute Gasteiger partial charge is 0.354 e. The van der Waals surface area contributed by atoms with Gasteiger partial charge in [-0.05, 0) is 43.5 Å². The Morgan fingerprint density at radius 3 is 2.39 bits per heavy atom. The molecule has 2 aromatic rings. The number of carbonyl (C=O) groups is 2. The predicted molar refractivity (Wildman–Crippen MR) is 132 cm³/mol. The van der Waals surface area contributed by atoms with Crippen LogP contribution >= 0.6 is 35.0 Å². The third kappa shape index (κ3) is 8.40. The van der Waals surface area contributed by atoms with Crippen LogP contribution in [0.25, 0.3) is 0 Å². The topological polar surface area (TPSA) is 49.4 Å². The highest BCUT2D eigenvalue weighted by Crippen LogP contribution is 2.24. The maximum Gasteiger partial charge on any atom is 0.242 e. The minimum absolute atomic E-state index is 0.0821. The molecule has 0 fully saturated rings. The van der Waals surface area contributed by atoms with E-state index in [2.05, 4.69) is 36.5 Å². The second kappa shape index (κ2) is 13.0. The summed E-state index contributed by atoms with van der Waals surface area (Å²) < 4.78 is 0. The molecule has 7 heteroatoms. The maximum atomic E-state index is 13.1. The SMILES string of the molecule is CCCCNC(=O)[C@@H](C)N(Cc1ccc(Cl)c(Cl)c1)C(=O)CSCc1ccc(C)cc1. The number of hydrogen-bond donors (Lipinski definition) is 1. The number of nitrogens with zero attached hydrogens (tertiary/aromatic N) is 1. The van der Waals surface area contributed by atoms with Gasteiger partial charge in [0.2, 0.25) is 11.8 Å². The first kappa shape index (κ1) is 25.6. The molecule has 1 N–H and O–H groups in total. The normalized spacial score (nSPS) is 11.8. The minimum Gasteiger partial charge on any atom is -0.354 e. The second-order valence-corrected chi connectivity index (χ2v) is 9.37. The van der Waals surface area contributed by atoms with Crippen LogP contribution in [0.1, 0.15) is 43.4 Å². The molecule has 0 spiro atoms.